The number of rotatable bonds is 9. The van der Waals surface area contributed by atoms with Crippen molar-refractivity contribution in [3.8, 4) is 5.75 Å². The minimum atomic E-state index is -0.700. The van der Waals surface area contributed by atoms with Crippen molar-refractivity contribution in [3.63, 3.8) is 0 Å². The molecular weight excluding hydrogens is 458 g/mol. The fourth-order valence-electron chi connectivity index (χ4n) is 5.26. The Morgan fingerprint density at radius 1 is 1.08 bits per heavy atom. The predicted octanol–water partition coefficient (Wildman–Crippen LogP) is 3.84. The summed E-state index contributed by atoms with van der Waals surface area (Å²) in [4.78, 5) is 40.2. The van der Waals surface area contributed by atoms with Gasteiger partial charge in [-0.1, -0.05) is 31.0 Å². The zero-order valence-electron chi connectivity index (χ0n) is 21.1. The number of esters is 1. The molecule has 1 aliphatic heterocycles. The van der Waals surface area contributed by atoms with Crippen molar-refractivity contribution in [1.29, 1.82) is 5.41 Å². The van der Waals surface area contributed by atoms with Crippen molar-refractivity contribution in [2.75, 3.05) is 26.8 Å². The summed E-state index contributed by atoms with van der Waals surface area (Å²) in [5.41, 5.74) is 2.45. The Morgan fingerprint density at radius 3 is 2.50 bits per heavy atom. The van der Waals surface area contributed by atoms with Crippen molar-refractivity contribution < 1.29 is 23.9 Å². The van der Waals surface area contributed by atoms with Crippen LogP contribution >= 0.6 is 0 Å². The normalized spacial score (nSPS) is 16.0. The molecule has 0 saturated heterocycles. The summed E-state index contributed by atoms with van der Waals surface area (Å²) in [7, 11) is 1.55. The molecule has 0 aromatic heterocycles. The van der Waals surface area contributed by atoms with Gasteiger partial charge in [-0.05, 0) is 56.0 Å². The summed E-state index contributed by atoms with van der Waals surface area (Å²) in [5.74, 6) is 0.0123. The third-order valence-electron chi connectivity index (χ3n) is 7.10. The number of carbonyl (C=O) groups excluding carboxylic acids is 3. The lowest BCUT2D eigenvalue weighted by molar-refractivity contribution is -0.150. The molecule has 0 radical (unpaired) electrons. The quantitative estimate of drug-likeness (QED) is 0.408. The Hall–Kier alpha value is -3.68. The molecule has 36 heavy (non-hydrogen) atoms. The molecule has 190 valence electrons. The first-order valence-electron chi connectivity index (χ1n) is 12.5. The number of hydrogen-bond acceptors (Lipinski definition) is 6. The van der Waals surface area contributed by atoms with Crippen LogP contribution in [0.2, 0.25) is 0 Å². The highest BCUT2D eigenvalue weighted by Crippen LogP contribution is 2.42. The van der Waals surface area contributed by atoms with E-state index in [1.807, 2.05) is 25.1 Å². The minimum Gasteiger partial charge on any atom is -0.493 e. The number of benzene rings is 2. The first-order chi connectivity index (χ1) is 17.3. The van der Waals surface area contributed by atoms with E-state index >= 15 is 0 Å². The lowest BCUT2D eigenvalue weighted by atomic mass is 9.78. The largest absolute Gasteiger partial charge is 0.493 e. The molecular formula is C28H33N3O5. The standard InChI is InChI=1S/C28H33N3O5/c1-4-35-24-14-19-16-31(25(29)21(19)15-22(24)26(33)30-3)17-23(32)18-9-8-10-20(13-18)28(11-6-7-12-28)27(34)36-5-2/h8-10,13-15,29H,4-7,11-12,16-17H2,1-3H3,(H,30,33). The van der Waals surface area contributed by atoms with E-state index in [0.29, 0.717) is 55.0 Å². The van der Waals surface area contributed by atoms with Crippen molar-refractivity contribution in [1.82, 2.24) is 10.2 Å². The maximum Gasteiger partial charge on any atom is 0.316 e. The minimum absolute atomic E-state index is 0.0165. The molecule has 8 heteroatoms. The first-order valence-corrected chi connectivity index (χ1v) is 12.5. The van der Waals surface area contributed by atoms with Crippen LogP contribution in [0.25, 0.3) is 0 Å². The fraction of sp³-hybridized carbons (Fsp3) is 0.429. The van der Waals surface area contributed by atoms with Crippen LogP contribution in [0, 0.1) is 5.41 Å². The lowest BCUT2D eigenvalue weighted by Gasteiger charge is -2.27. The van der Waals surface area contributed by atoms with Crippen LogP contribution in [0.1, 0.15) is 76.9 Å². The van der Waals surface area contributed by atoms with Crippen LogP contribution in [-0.4, -0.2) is 55.2 Å². The SMILES string of the molecule is CCOC(=O)C1(c2cccc(C(=O)CN3Cc4cc(OCC)c(C(=O)NC)cc4C3=N)c2)CCCC1. The Bertz CT molecular complexity index is 1200. The molecule has 8 nitrogen and oxygen atoms in total. The van der Waals surface area contributed by atoms with Gasteiger partial charge in [0.2, 0.25) is 0 Å². The van der Waals surface area contributed by atoms with Crippen LogP contribution in [0.5, 0.6) is 5.75 Å². The lowest BCUT2D eigenvalue weighted by Crippen LogP contribution is -2.35. The predicted molar refractivity (Wildman–Crippen MR) is 136 cm³/mol. The van der Waals surface area contributed by atoms with E-state index in [0.717, 1.165) is 24.0 Å². The number of amidine groups is 1. The highest BCUT2D eigenvalue weighted by Gasteiger charge is 2.44. The van der Waals surface area contributed by atoms with E-state index in [-0.39, 0.29) is 30.0 Å². The third kappa shape index (κ3) is 4.59. The van der Waals surface area contributed by atoms with Crippen molar-refractivity contribution in [2.45, 2.75) is 51.5 Å². The maximum absolute atomic E-state index is 13.3. The second kappa shape index (κ2) is 10.5. The maximum atomic E-state index is 13.3. The molecule has 2 aliphatic rings. The van der Waals surface area contributed by atoms with Crippen molar-refractivity contribution >= 4 is 23.5 Å². The summed E-state index contributed by atoms with van der Waals surface area (Å²) >= 11 is 0. The fourth-order valence-corrected chi connectivity index (χ4v) is 5.26. The van der Waals surface area contributed by atoms with Crippen LogP contribution in [0.15, 0.2) is 36.4 Å². The number of hydrogen-bond donors (Lipinski definition) is 2. The molecule has 1 fully saturated rings. The Balaban J connectivity index is 1.56. The Kier molecular flexibility index (Phi) is 7.43. The van der Waals surface area contributed by atoms with Crippen molar-refractivity contribution in [2.24, 2.45) is 0 Å². The van der Waals surface area contributed by atoms with Gasteiger partial charge in [0.25, 0.3) is 5.91 Å². The number of nitrogens with one attached hydrogen (secondary N) is 2. The van der Waals surface area contributed by atoms with Gasteiger partial charge in [0.05, 0.1) is 30.7 Å². The van der Waals surface area contributed by atoms with E-state index in [9.17, 15) is 14.4 Å². The van der Waals surface area contributed by atoms with E-state index in [4.69, 9.17) is 14.9 Å². The number of ether oxygens (including phenoxy) is 2. The van der Waals surface area contributed by atoms with Crippen molar-refractivity contribution in [3.05, 3.63) is 64.2 Å². The Morgan fingerprint density at radius 2 is 1.83 bits per heavy atom. The first kappa shape index (κ1) is 25.4. The van der Waals surface area contributed by atoms with Gasteiger partial charge in [0.1, 0.15) is 11.6 Å². The summed E-state index contributed by atoms with van der Waals surface area (Å²) in [5, 5.41) is 11.3. The highest BCUT2D eigenvalue weighted by atomic mass is 16.5. The van der Waals surface area contributed by atoms with Crippen LogP contribution in [0.3, 0.4) is 0 Å². The summed E-state index contributed by atoms with van der Waals surface area (Å²) in [6.07, 6.45) is 3.32. The molecule has 2 aromatic rings. The van der Waals surface area contributed by atoms with Gasteiger partial charge >= 0.3 is 5.97 Å². The average molecular weight is 492 g/mol. The van der Waals surface area contributed by atoms with Gasteiger partial charge in [-0.3, -0.25) is 19.8 Å². The van der Waals surface area contributed by atoms with Gasteiger partial charge in [-0.15, -0.1) is 0 Å². The topological polar surface area (TPSA) is 109 Å². The number of fused-ring (bicyclic) bond motifs is 1. The summed E-state index contributed by atoms with van der Waals surface area (Å²) in [6.45, 7) is 4.77. The molecule has 0 spiro atoms. The number of carbonyl (C=O) groups is 3. The van der Waals surface area contributed by atoms with E-state index in [2.05, 4.69) is 5.32 Å². The van der Waals surface area contributed by atoms with Gasteiger partial charge < -0.3 is 19.7 Å². The van der Waals surface area contributed by atoms with E-state index < -0.39 is 5.41 Å². The molecule has 1 heterocycles. The second-order valence-electron chi connectivity index (χ2n) is 9.24. The molecule has 1 saturated carbocycles. The van der Waals surface area contributed by atoms with Gasteiger partial charge in [-0.2, -0.15) is 0 Å². The Labute approximate surface area is 211 Å². The van der Waals surface area contributed by atoms with E-state index in [1.54, 1.807) is 37.1 Å². The number of nitrogens with zero attached hydrogens (tertiary/aromatic N) is 1. The smallest absolute Gasteiger partial charge is 0.316 e. The molecule has 1 amide bonds. The van der Waals surface area contributed by atoms with Gasteiger partial charge in [-0.25, -0.2) is 0 Å². The number of amides is 1. The molecule has 1 aliphatic carbocycles. The van der Waals surface area contributed by atoms with E-state index in [1.165, 1.54) is 0 Å². The van der Waals surface area contributed by atoms with Gasteiger partial charge in [0, 0.05) is 24.7 Å². The second-order valence-corrected chi connectivity index (χ2v) is 9.24. The number of ketones is 1. The zero-order valence-corrected chi connectivity index (χ0v) is 21.1. The third-order valence-corrected chi connectivity index (χ3v) is 7.10. The monoisotopic (exact) mass is 491 g/mol. The molecule has 4 rings (SSSR count). The summed E-state index contributed by atoms with van der Waals surface area (Å²) in [6, 6.07) is 10.7. The zero-order chi connectivity index (χ0) is 25.9. The average Bonchev–Trinajstić information content (AvgIpc) is 3.50. The molecule has 2 N–H and O–H groups in total. The highest BCUT2D eigenvalue weighted by molar-refractivity contribution is 6.07. The van der Waals surface area contributed by atoms with Crippen LogP contribution in [-0.2, 0) is 21.5 Å². The molecule has 0 unspecified atom stereocenters. The number of Topliss-reactive ketones (excluding diaryl/α,β-unsaturated/α-hetero) is 1. The molecule has 0 atom stereocenters. The van der Waals surface area contributed by atoms with Crippen LogP contribution in [0.4, 0.5) is 0 Å². The van der Waals surface area contributed by atoms with Crippen LogP contribution < -0.4 is 10.1 Å². The molecule has 0 bridgehead atoms. The molecule has 2 aromatic carbocycles. The van der Waals surface area contributed by atoms with Gasteiger partial charge in [0.15, 0.2) is 5.78 Å². The summed E-state index contributed by atoms with van der Waals surface area (Å²) < 4.78 is 11.1.